The summed E-state index contributed by atoms with van der Waals surface area (Å²) >= 11 is 0. The Kier molecular flexibility index (Phi) is 4.69. The van der Waals surface area contributed by atoms with Crippen LogP contribution in [0.15, 0.2) is 21.3 Å². The smallest absolute Gasteiger partial charge is 0.339 e. The monoisotopic (exact) mass is 405 g/mol. The number of benzene rings is 1. The summed E-state index contributed by atoms with van der Waals surface area (Å²) in [6, 6.07) is 3.37. The highest BCUT2D eigenvalue weighted by Gasteiger charge is 2.32. The summed E-state index contributed by atoms with van der Waals surface area (Å²) in [6.45, 7) is 1.61. The van der Waals surface area contributed by atoms with Gasteiger partial charge in [-0.15, -0.1) is 0 Å². The number of hydrogen-bond acceptors (Lipinski definition) is 6. The van der Waals surface area contributed by atoms with Crippen LogP contribution in [0.1, 0.15) is 29.5 Å². The molecule has 1 amide bonds. The van der Waals surface area contributed by atoms with E-state index in [2.05, 4.69) is 0 Å². The Morgan fingerprint density at radius 3 is 2.75 bits per heavy atom. The maximum atomic E-state index is 12.4. The predicted molar refractivity (Wildman–Crippen MR) is 105 cm³/mol. The average Bonchev–Trinajstić information content (AvgIpc) is 3.28. The number of carbonyl (C=O) groups excluding carboxylic acids is 1. The number of fused-ring (bicyclic) bond motifs is 3. The average molecular weight is 405 g/mol. The molecular formula is C20H23NO6S. The van der Waals surface area contributed by atoms with Gasteiger partial charge in [0, 0.05) is 29.6 Å². The van der Waals surface area contributed by atoms with Gasteiger partial charge < -0.3 is 14.1 Å². The number of amides is 1. The molecule has 1 atom stereocenters. The molecule has 1 aliphatic carbocycles. The Labute approximate surface area is 163 Å². The van der Waals surface area contributed by atoms with Gasteiger partial charge in [-0.05, 0) is 50.3 Å². The number of nitrogens with zero attached hydrogens (tertiary/aromatic N) is 1. The Morgan fingerprint density at radius 2 is 2.04 bits per heavy atom. The van der Waals surface area contributed by atoms with Crippen molar-refractivity contribution in [3.8, 4) is 5.75 Å². The maximum absolute atomic E-state index is 12.4. The first kappa shape index (κ1) is 19.0. The first-order chi connectivity index (χ1) is 13.3. The highest BCUT2D eigenvalue weighted by molar-refractivity contribution is 7.91. The molecule has 7 nitrogen and oxygen atoms in total. The van der Waals surface area contributed by atoms with Crippen LogP contribution in [-0.2, 0) is 27.5 Å². The molecule has 1 aliphatic heterocycles. The standard InChI is InChI=1S/C20H23NO6S/c1-12-17(26-10-18(22)21(2)13-8-9-28(24,25)11-13)7-6-15-14-4-3-5-16(14)20(23)27-19(12)15/h6-7,13H,3-5,8-11H2,1-2H3. The fourth-order valence-electron chi connectivity index (χ4n) is 4.15. The van der Waals surface area contributed by atoms with Crippen LogP contribution in [0.3, 0.4) is 0 Å². The summed E-state index contributed by atoms with van der Waals surface area (Å²) in [4.78, 5) is 26.1. The summed E-state index contributed by atoms with van der Waals surface area (Å²) in [5.41, 5.74) is 2.72. The normalized spacial score (nSPS) is 20.3. The minimum absolute atomic E-state index is 0.000505. The van der Waals surface area contributed by atoms with E-state index in [1.54, 1.807) is 20.0 Å². The summed E-state index contributed by atoms with van der Waals surface area (Å²) in [7, 11) is -1.45. The minimum Gasteiger partial charge on any atom is -0.483 e. The second-order valence-electron chi connectivity index (χ2n) is 7.62. The zero-order chi connectivity index (χ0) is 20.1. The lowest BCUT2D eigenvalue weighted by Gasteiger charge is -2.23. The lowest BCUT2D eigenvalue weighted by molar-refractivity contribution is -0.133. The van der Waals surface area contributed by atoms with Crippen molar-refractivity contribution in [1.82, 2.24) is 4.90 Å². The molecule has 150 valence electrons. The molecule has 28 heavy (non-hydrogen) atoms. The van der Waals surface area contributed by atoms with E-state index in [9.17, 15) is 18.0 Å². The fraction of sp³-hybridized carbons (Fsp3) is 0.500. The number of carbonyl (C=O) groups is 1. The summed E-state index contributed by atoms with van der Waals surface area (Å²) in [6.07, 6.45) is 3.03. The van der Waals surface area contributed by atoms with Gasteiger partial charge >= 0.3 is 5.63 Å². The van der Waals surface area contributed by atoms with Gasteiger partial charge in [-0.2, -0.15) is 0 Å². The molecular weight excluding hydrogens is 382 g/mol. The molecule has 1 unspecified atom stereocenters. The van der Waals surface area contributed by atoms with Gasteiger partial charge in [0.2, 0.25) is 0 Å². The molecule has 2 heterocycles. The van der Waals surface area contributed by atoms with Crippen LogP contribution < -0.4 is 10.4 Å². The van der Waals surface area contributed by atoms with E-state index < -0.39 is 9.84 Å². The van der Waals surface area contributed by atoms with Crippen molar-refractivity contribution >= 4 is 26.7 Å². The van der Waals surface area contributed by atoms with E-state index in [1.807, 2.05) is 6.07 Å². The van der Waals surface area contributed by atoms with Crippen LogP contribution >= 0.6 is 0 Å². The SMILES string of the molecule is Cc1c(OCC(=O)N(C)C2CCS(=O)(=O)C2)ccc2c3c(c(=O)oc12)CCC3. The third-order valence-electron chi connectivity index (χ3n) is 5.84. The molecule has 0 bridgehead atoms. The predicted octanol–water partition coefficient (Wildman–Crippen LogP) is 1.61. The minimum atomic E-state index is -3.06. The Hall–Kier alpha value is -2.35. The molecule has 8 heteroatoms. The van der Waals surface area contributed by atoms with Gasteiger partial charge in [-0.1, -0.05) is 0 Å². The molecule has 1 aromatic carbocycles. The molecule has 2 aliphatic rings. The molecule has 2 aromatic rings. The van der Waals surface area contributed by atoms with Crippen molar-refractivity contribution in [3.05, 3.63) is 39.2 Å². The second kappa shape index (κ2) is 6.92. The van der Waals surface area contributed by atoms with Gasteiger partial charge in [0.1, 0.15) is 11.3 Å². The lowest BCUT2D eigenvalue weighted by Crippen LogP contribution is -2.40. The van der Waals surface area contributed by atoms with Crippen molar-refractivity contribution in [2.24, 2.45) is 0 Å². The van der Waals surface area contributed by atoms with Crippen LogP contribution in [0, 0.1) is 6.92 Å². The van der Waals surface area contributed by atoms with E-state index in [1.165, 1.54) is 4.90 Å². The van der Waals surface area contributed by atoms with Gasteiger partial charge in [-0.25, -0.2) is 13.2 Å². The largest absolute Gasteiger partial charge is 0.483 e. The number of sulfone groups is 1. The van der Waals surface area contributed by atoms with Crippen molar-refractivity contribution in [2.75, 3.05) is 25.2 Å². The number of likely N-dealkylation sites (N-methyl/N-ethyl adjacent to an activating group) is 1. The van der Waals surface area contributed by atoms with E-state index in [4.69, 9.17) is 9.15 Å². The number of ether oxygens (including phenoxy) is 1. The Balaban J connectivity index is 1.52. The highest BCUT2D eigenvalue weighted by atomic mass is 32.2. The van der Waals surface area contributed by atoms with Gasteiger partial charge in [-0.3, -0.25) is 4.79 Å². The quantitative estimate of drug-likeness (QED) is 0.718. The van der Waals surface area contributed by atoms with E-state index in [0.717, 1.165) is 35.8 Å². The van der Waals surface area contributed by atoms with Crippen molar-refractivity contribution in [1.29, 1.82) is 0 Å². The highest BCUT2D eigenvalue weighted by Crippen LogP contribution is 2.33. The molecule has 4 rings (SSSR count). The van der Waals surface area contributed by atoms with Gasteiger partial charge in [0.25, 0.3) is 5.91 Å². The summed E-state index contributed by atoms with van der Waals surface area (Å²) in [5.74, 6) is 0.315. The molecule has 0 N–H and O–H groups in total. The topological polar surface area (TPSA) is 93.9 Å². The second-order valence-corrected chi connectivity index (χ2v) is 9.84. The Bertz CT molecular complexity index is 1120. The van der Waals surface area contributed by atoms with Crippen molar-refractivity contribution in [2.45, 2.75) is 38.6 Å². The van der Waals surface area contributed by atoms with Crippen LogP contribution in [0.25, 0.3) is 11.0 Å². The maximum Gasteiger partial charge on any atom is 0.339 e. The zero-order valence-corrected chi connectivity index (χ0v) is 16.8. The van der Waals surface area contributed by atoms with Gasteiger partial charge in [0.05, 0.1) is 11.5 Å². The first-order valence-corrected chi connectivity index (χ1v) is 11.3. The lowest BCUT2D eigenvalue weighted by atomic mass is 10.0. The third kappa shape index (κ3) is 3.30. The van der Waals surface area contributed by atoms with Crippen molar-refractivity contribution in [3.63, 3.8) is 0 Å². The van der Waals surface area contributed by atoms with E-state index in [0.29, 0.717) is 23.3 Å². The number of hydrogen-bond donors (Lipinski definition) is 0. The van der Waals surface area contributed by atoms with E-state index in [-0.39, 0.29) is 35.7 Å². The fourth-order valence-corrected chi connectivity index (χ4v) is 5.92. The van der Waals surface area contributed by atoms with Crippen LogP contribution in [0.2, 0.25) is 0 Å². The molecule has 1 saturated heterocycles. The van der Waals surface area contributed by atoms with E-state index >= 15 is 0 Å². The zero-order valence-electron chi connectivity index (χ0n) is 16.0. The van der Waals surface area contributed by atoms with Gasteiger partial charge in [0.15, 0.2) is 16.4 Å². The molecule has 0 spiro atoms. The molecule has 0 radical (unpaired) electrons. The van der Waals surface area contributed by atoms with Crippen LogP contribution in [-0.4, -0.2) is 50.4 Å². The third-order valence-corrected chi connectivity index (χ3v) is 7.59. The molecule has 1 aromatic heterocycles. The van der Waals surface area contributed by atoms with Crippen molar-refractivity contribution < 1.29 is 22.4 Å². The first-order valence-electron chi connectivity index (χ1n) is 9.44. The number of rotatable bonds is 4. The molecule has 1 fully saturated rings. The summed E-state index contributed by atoms with van der Waals surface area (Å²) < 4.78 is 34.5. The van der Waals surface area contributed by atoms with Crippen LogP contribution in [0.5, 0.6) is 5.75 Å². The number of aryl methyl sites for hydroxylation is 2. The summed E-state index contributed by atoms with van der Waals surface area (Å²) in [5, 5.41) is 0.927. The Morgan fingerprint density at radius 1 is 1.29 bits per heavy atom. The molecule has 0 saturated carbocycles. The van der Waals surface area contributed by atoms with Crippen LogP contribution in [0.4, 0.5) is 0 Å².